The molecule has 0 saturated heterocycles. The van der Waals surface area contributed by atoms with Gasteiger partial charge >= 0.3 is 6.09 Å². The number of amides is 1. The average Bonchev–Trinajstić information content (AvgIpc) is 3.86. The number of aliphatic hydroxyl groups is 2. The van der Waals surface area contributed by atoms with Gasteiger partial charge in [0.05, 0.1) is 24.8 Å². The zero-order valence-electron chi connectivity index (χ0n) is 41.6. The molecule has 1 amide bonds. The summed E-state index contributed by atoms with van der Waals surface area (Å²) < 4.78 is 38.7. The van der Waals surface area contributed by atoms with Crippen LogP contribution in [0.1, 0.15) is 139 Å². The first-order valence-corrected chi connectivity index (χ1v) is 26.2. The van der Waals surface area contributed by atoms with Crippen LogP contribution in [-0.4, -0.2) is 78.6 Å². The largest absolute Gasteiger partial charge is 0.490 e. The molecule has 4 aliphatic rings. The fourth-order valence-corrected chi connectivity index (χ4v) is 11.0. The quantitative estimate of drug-likeness (QED) is 0.0364. The summed E-state index contributed by atoms with van der Waals surface area (Å²) in [5.41, 5.74) is 4.44. The number of rotatable bonds is 31. The minimum Gasteiger partial charge on any atom is -0.490 e. The van der Waals surface area contributed by atoms with Crippen LogP contribution in [0.3, 0.4) is 0 Å². The fraction of sp³-hybridized carbons (Fsp3) is 0.552. The molecule has 7 rings (SSSR count). The van der Waals surface area contributed by atoms with Crippen LogP contribution in [0.15, 0.2) is 109 Å². The van der Waals surface area contributed by atoms with Gasteiger partial charge < -0.3 is 43.5 Å². The lowest BCUT2D eigenvalue weighted by molar-refractivity contribution is -0.256. The van der Waals surface area contributed by atoms with Crippen LogP contribution >= 0.6 is 0 Å². The normalized spacial score (nSPS) is 22.3. The van der Waals surface area contributed by atoms with Crippen LogP contribution < -0.4 is 18.9 Å². The summed E-state index contributed by atoms with van der Waals surface area (Å²) in [6, 6.07) is 20.9. The summed E-state index contributed by atoms with van der Waals surface area (Å²) >= 11 is 0. The highest BCUT2D eigenvalue weighted by molar-refractivity contribution is 6.03. The first-order valence-electron chi connectivity index (χ1n) is 26.2. The monoisotopic (exact) mass is 963 g/mol. The molecule has 1 fully saturated rings. The molecule has 12 heteroatoms. The second-order valence-electron chi connectivity index (χ2n) is 19.2. The Labute approximate surface area is 416 Å². The van der Waals surface area contributed by atoms with Crippen molar-refractivity contribution in [2.24, 2.45) is 22.9 Å². The van der Waals surface area contributed by atoms with E-state index in [0.717, 1.165) is 67.2 Å². The van der Waals surface area contributed by atoms with E-state index in [2.05, 4.69) is 32.2 Å². The Kier molecular flexibility index (Phi) is 20.5. The predicted octanol–water partition coefficient (Wildman–Crippen LogP) is 12.4. The molecule has 3 aromatic rings. The van der Waals surface area contributed by atoms with Gasteiger partial charge in [-0.25, -0.2) is 4.79 Å². The minimum atomic E-state index is -1.46. The Hall–Kier alpha value is -5.30. The number of nitrogens with zero attached hydrogens (tertiary/aromatic N) is 2. The molecule has 6 unspecified atom stereocenters. The molecule has 3 aromatic carbocycles. The molecule has 0 aromatic heterocycles. The lowest BCUT2D eigenvalue weighted by Crippen LogP contribution is -2.70. The number of ether oxygens (including phenoxy) is 6. The molecule has 12 nitrogen and oxygen atoms in total. The number of hydrogen-bond donors (Lipinski definition) is 2. The minimum absolute atomic E-state index is 0.0545. The van der Waals surface area contributed by atoms with E-state index in [0.29, 0.717) is 48.2 Å². The summed E-state index contributed by atoms with van der Waals surface area (Å²) in [7, 11) is 0. The molecule has 2 aliphatic heterocycles. The summed E-state index contributed by atoms with van der Waals surface area (Å²) in [4.78, 5) is 23.3. The van der Waals surface area contributed by atoms with Gasteiger partial charge in [-0.1, -0.05) is 144 Å². The maximum Gasteiger partial charge on any atom is 0.410 e. The number of hydrogen-bond acceptors (Lipinski definition) is 11. The number of oxime groups is 1. The molecule has 0 radical (unpaired) electrons. The third kappa shape index (κ3) is 13.4. The van der Waals surface area contributed by atoms with Crippen molar-refractivity contribution in [3.05, 3.63) is 120 Å². The molecule has 70 heavy (non-hydrogen) atoms. The van der Waals surface area contributed by atoms with Crippen molar-refractivity contribution in [3.63, 3.8) is 0 Å². The highest BCUT2D eigenvalue weighted by Crippen LogP contribution is 2.62. The highest BCUT2D eigenvalue weighted by atomic mass is 16.7. The van der Waals surface area contributed by atoms with E-state index >= 15 is 4.79 Å². The van der Waals surface area contributed by atoms with Crippen LogP contribution in [0.25, 0.3) is 0 Å². The molecule has 2 heterocycles. The predicted molar refractivity (Wildman–Crippen MR) is 273 cm³/mol. The Morgan fingerprint density at radius 1 is 0.800 bits per heavy atom. The number of aliphatic hydroxyl groups excluding tert-OH is 2. The van der Waals surface area contributed by atoms with Crippen molar-refractivity contribution >= 4 is 11.8 Å². The van der Waals surface area contributed by atoms with E-state index in [1.165, 1.54) is 44.9 Å². The van der Waals surface area contributed by atoms with Gasteiger partial charge in [0.25, 0.3) is 0 Å². The van der Waals surface area contributed by atoms with E-state index in [-0.39, 0.29) is 70.5 Å². The molecule has 0 bridgehead atoms. The molecule has 6 atom stereocenters. The van der Waals surface area contributed by atoms with Gasteiger partial charge in [0, 0.05) is 37.7 Å². The van der Waals surface area contributed by atoms with E-state index in [1.807, 2.05) is 60.7 Å². The van der Waals surface area contributed by atoms with Crippen molar-refractivity contribution in [2.45, 2.75) is 147 Å². The zero-order chi connectivity index (χ0) is 49.0. The molecule has 2 N–H and O–H groups in total. The standard InChI is InChI=1S/C58H78N2O10/c1-4-7-8-9-10-11-12-13-14-22-35-65-57(63)60(40-44-27-29-52-53(36-44)67-42-66-52)54-39-50(59-69-41-43-23-16-15-17-24-43)48-37-45(25-18-20-31-61)47(26-19-21-32-62)55-49-38-46(64-33-5-2)28-30-51(49)70-58(54,56(48)55)68-34-6-3/h5-6,15-17,23-24,27-30,36-38,45,47,54-56,61-62H,2-4,7-14,18-22,25-26,31-35,39-42H2,1H3. The number of unbranched alkanes of at least 4 members (excludes halogenated alkanes) is 11. The van der Waals surface area contributed by atoms with E-state index in [9.17, 15) is 10.2 Å². The van der Waals surface area contributed by atoms with Crippen molar-refractivity contribution in [2.75, 3.05) is 39.8 Å². The lowest BCUT2D eigenvalue weighted by Gasteiger charge is -2.59. The SMILES string of the molecule is C=CCOc1ccc2c(c1)C1C(CCCCO)C(CCCCO)C=C3C(=NOCc4ccccc4)CC(N(Cc4ccc5c(c4)OCO5)C(=O)OCCCCCCCCCCCC)C(OCC=C)(O2)C31. The van der Waals surface area contributed by atoms with E-state index in [4.69, 9.17) is 38.4 Å². The van der Waals surface area contributed by atoms with Crippen molar-refractivity contribution in [1.82, 2.24) is 4.90 Å². The van der Waals surface area contributed by atoms with E-state index in [1.54, 1.807) is 17.1 Å². The van der Waals surface area contributed by atoms with E-state index < -0.39 is 23.8 Å². The smallest absolute Gasteiger partial charge is 0.410 e. The number of benzene rings is 3. The van der Waals surface area contributed by atoms with Gasteiger partial charge in [-0.05, 0) is 91.0 Å². The highest BCUT2D eigenvalue weighted by Gasteiger charge is 2.65. The first kappa shape index (κ1) is 52.5. The van der Waals surface area contributed by atoms with Crippen LogP contribution in [0, 0.1) is 17.8 Å². The summed E-state index contributed by atoms with van der Waals surface area (Å²) in [5.74, 6) is 0.566. The molecule has 0 spiro atoms. The number of allylic oxidation sites excluding steroid dienone is 1. The number of carbonyl (C=O) groups is 1. The fourth-order valence-electron chi connectivity index (χ4n) is 11.0. The number of fused-ring (bicyclic) bond motifs is 3. The summed E-state index contributed by atoms with van der Waals surface area (Å²) in [5, 5.41) is 25.1. The Bertz CT molecular complexity index is 2180. The molecule has 2 aliphatic carbocycles. The van der Waals surface area contributed by atoms with Crippen molar-refractivity contribution in [3.8, 4) is 23.0 Å². The van der Waals surface area contributed by atoms with Crippen LogP contribution in [-0.2, 0) is 27.5 Å². The Balaban J connectivity index is 1.33. The van der Waals surface area contributed by atoms with Crippen LogP contribution in [0.5, 0.6) is 23.0 Å². The molecule has 380 valence electrons. The van der Waals surface area contributed by atoms with Gasteiger partial charge in [0.2, 0.25) is 12.6 Å². The average molecular weight is 963 g/mol. The van der Waals surface area contributed by atoms with Gasteiger partial charge in [0.1, 0.15) is 30.8 Å². The second-order valence-corrected chi connectivity index (χ2v) is 19.2. The zero-order valence-corrected chi connectivity index (χ0v) is 41.6. The Morgan fingerprint density at radius 3 is 2.26 bits per heavy atom. The van der Waals surface area contributed by atoms with Crippen LogP contribution in [0.4, 0.5) is 4.79 Å². The Morgan fingerprint density at radius 2 is 1.51 bits per heavy atom. The van der Waals surface area contributed by atoms with Crippen molar-refractivity contribution < 1.29 is 48.3 Å². The topological polar surface area (TPSA) is 138 Å². The van der Waals surface area contributed by atoms with Gasteiger partial charge in [0.15, 0.2) is 11.5 Å². The second kappa shape index (κ2) is 27.3. The molecular formula is C58H78N2O10. The summed E-state index contributed by atoms with van der Waals surface area (Å²) in [6.45, 7) is 11.7. The maximum absolute atomic E-state index is 15.2. The summed E-state index contributed by atoms with van der Waals surface area (Å²) in [6.07, 6.45) is 21.9. The van der Waals surface area contributed by atoms with Gasteiger partial charge in [-0.15, -0.1) is 6.58 Å². The number of carbonyl (C=O) groups excluding carboxylic acids is 1. The lowest BCUT2D eigenvalue weighted by atomic mass is 9.55. The first-order chi connectivity index (χ1) is 34.4. The molecule has 1 saturated carbocycles. The van der Waals surface area contributed by atoms with Crippen molar-refractivity contribution in [1.29, 1.82) is 0 Å². The van der Waals surface area contributed by atoms with Crippen LogP contribution in [0.2, 0.25) is 0 Å². The molecular weight excluding hydrogens is 885 g/mol. The van der Waals surface area contributed by atoms with Gasteiger partial charge in [-0.3, -0.25) is 4.90 Å². The van der Waals surface area contributed by atoms with Gasteiger partial charge in [-0.2, -0.15) is 0 Å². The third-order valence-electron chi connectivity index (χ3n) is 14.4. The maximum atomic E-state index is 15.2. The third-order valence-corrected chi connectivity index (χ3v) is 14.4.